The van der Waals surface area contributed by atoms with Crippen LogP contribution in [0.1, 0.15) is 13.3 Å². The fourth-order valence-corrected chi connectivity index (χ4v) is 1.11. The Hall–Kier alpha value is 0.943. The number of rotatable bonds is 0. The van der Waals surface area contributed by atoms with Crippen molar-refractivity contribution in [3.8, 4) is 0 Å². The van der Waals surface area contributed by atoms with Crippen molar-refractivity contribution < 1.29 is 24.7 Å². The zero-order chi connectivity index (χ0) is 5.28. The van der Waals surface area contributed by atoms with E-state index in [4.69, 9.17) is 0 Å². The summed E-state index contributed by atoms with van der Waals surface area (Å²) in [6.07, 6.45) is 5.63. The second-order valence-electron chi connectivity index (χ2n) is 1.77. The van der Waals surface area contributed by atoms with E-state index in [0.717, 1.165) is 0 Å². The molecule has 0 radical (unpaired) electrons. The molecule has 0 aromatic rings. The summed E-state index contributed by atoms with van der Waals surface area (Å²) in [6, 6.07) is 0. The Bertz CT molecular complexity index is 138. The second-order valence-corrected chi connectivity index (χ2v) is 3.25. The molecule has 0 saturated carbocycles. The van der Waals surface area contributed by atoms with Crippen molar-refractivity contribution in [1.29, 1.82) is 0 Å². The predicted octanol–water partition coefficient (Wildman–Crippen LogP) is 2.61. The number of halogens is 2. The Labute approximate surface area is 83.5 Å². The van der Waals surface area contributed by atoms with E-state index in [0.29, 0.717) is 0 Å². The molecule has 0 nitrogen and oxygen atoms in total. The van der Waals surface area contributed by atoms with Gasteiger partial charge in [0.05, 0.1) is 0 Å². The van der Waals surface area contributed by atoms with E-state index in [1.165, 1.54) is 12.0 Å². The van der Waals surface area contributed by atoms with Gasteiger partial charge in [-0.1, -0.05) is 0 Å². The van der Waals surface area contributed by atoms with E-state index >= 15 is 0 Å². The molecule has 51 valence electrons. The summed E-state index contributed by atoms with van der Waals surface area (Å²) < 4.78 is 1.60. The van der Waals surface area contributed by atoms with Gasteiger partial charge in [-0.3, -0.25) is 0 Å². The minimum absolute atomic E-state index is 0. The van der Waals surface area contributed by atoms with E-state index in [2.05, 4.69) is 19.1 Å². The van der Waals surface area contributed by atoms with Crippen LogP contribution in [0, 0.1) is 0 Å². The number of allylic oxidation sites excluding steroid dienone is 4. The smallest absolute Gasteiger partial charge is 0.147 e. The first-order valence-electron chi connectivity index (χ1n) is 2.38. The third kappa shape index (κ3) is 3.60. The molecule has 1 aliphatic carbocycles. The summed E-state index contributed by atoms with van der Waals surface area (Å²) in [5, 5.41) is 0. The van der Waals surface area contributed by atoms with Gasteiger partial charge in [0.1, 0.15) is 0 Å². The monoisotopic (exact) mass is 241 g/mol. The summed E-state index contributed by atoms with van der Waals surface area (Å²) in [5.41, 5.74) is 1.48. The molecule has 0 unspecified atom stereocenters. The van der Waals surface area contributed by atoms with Crippen LogP contribution in [-0.2, 0) is 24.7 Å². The molecular formula is C6H9Cl2Zr. The summed E-state index contributed by atoms with van der Waals surface area (Å²) in [4.78, 5) is 0. The van der Waals surface area contributed by atoms with Crippen LogP contribution in [0.2, 0.25) is 0 Å². The topological polar surface area (TPSA) is 0 Å². The van der Waals surface area contributed by atoms with Crippen LogP contribution in [0.5, 0.6) is 0 Å². The molecule has 0 atom stereocenters. The molecule has 0 spiro atoms. The van der Waals surface area contributed by atoms with Crippen LogP contribution < -0.4 is 0 Å². The maximum Gasteiger partial charge on any atom is -0.147 e. The predicted molar refractivity (Wildman–Crippen MR) is 41.0 cm³/mol. The quantitative estimate of drug-likeness (QED) is 0.613. The van der Waals surface area contributed by atoms with Crippen molar-refractivity contribution in [3.63, 3.8) is 0 Å². The van der Waals surface area contributed by atoms with Gasteiger partial charge in [-0.05, 0) is 0 Å². The van der Waals surface area contributed by atoms with E-state index in [1.54, 1.807) is 28.0 Å². The van der Waals surface area contributed by atoms with Gasteiger partial charge in [0.15, 0.2) is 0 Å². The molecule has 3 heteroatoms. The van der Waals surface area contributed by atoms with Crippen molar-refractivity contribution in [2.75, 3.05) is 0 Å². The zero-order valence-corrected chi connectivity index (χ0v) is 9.27. The molecule has 0 N–H and O–H groups in total. The molecule has 0 fully saturated rings. The van der Waals surface area contributed by atoms with Crippen molar-refractivity contribution in [2.24, 2.45) is 0 Å². The Kier molecular flexibility index (Phi) is 7.99. The van der Waals surface area contributed by atoms with Crippen LogP contribution in [0.25, 0.3) is 0 Å². The summed E-state index contributed by atoms with van der Waals surface area (Å²) in [5.74, 6) is 0. The van der Waals surface area contributed by atoms with Gasteiger partial charge >= 0.3 is 59.1 Å². The average Bonchev–Trinajstić information content (AvgIpc) is 1.91. The van der Waals surface area contributed by atoms with Crippen LogP contribution in [0.4, 0.5) is 0 Å². The van der Waals surface area contributed by atoms with Gasteiger partial charge in [-0.2, -0.15) is 0 Å². The molecule has 1 rings (SSSR count). The molecule has 0 amide bonds. The molecule has 0 heterocycles. The molecule has 9 heavy (non-hydrogen) atoms. The molecular weight excluding hydrogens is 234 g/mol. The fraction of sp³-hybridized carbons (Fsp3) is 0.333. The molecule has 0 aliphatic heterocycles. The van der Waals surface area contributed by atoms with Crippen LogP contribution >= 0.6 is 24.8 Å². The third-order valence-electron chi connectivity index (χ3n) is 1.17. The Morgan fingerprint density at radius 1 is 1.44 bits per heavy atom. The summed E-state index contributed by atoms with van der Waals surface area (Å²) in [6.45, 7) is 2.17. The number of hydrogen-bond acceptors (Lipinski definition) is 0. The van der Waals surface area contributed by atoms with Gasteiger partial charge in [0.2, 0.25) is 0 Å². The standard InChI is InChI=1S/C6H7.2ClH.Zr/c1-6-4-2-3-5-6;;;/h2,4H,3H2,1H3;2*1H;. The van der Waals surface area contributed by atoms with Crippen LogP contribution in [0.15, 0.2) is 21.0 Å². The molecule has 1 aliphatic rings. The SMILES string of the molecule is CC1=[C]([Zr])CC=C1.Cl.Cl. The van der Waals surface area contributed by atoms with Crippen molar-refractivity contribution in [2.45, 2.75) is 13.3 Å². The van der Waals surface area contributed by atoms with E-state index in [-0.39, 0.29) is 24.8 Å². The van der Waals surface area contributed by atoms with Crippen molar-refractivity contribution in [1.82, 2.24) is 0 Å². The second kappa shape index (κ2) is 5.71. The Balaban J connectivity index is 0. The van der Waals surface area contributed by atoms with Gasteiger partial charge < -0.3 is 0 Å². The number of hydrogen-bond donors (Lipinski definition) is 0. The first-order chi connectivity index (χ1) is 3.30. The minimum atomic E-state index is 0. The normalized spacial score (nSPS) is 14.7. The Morgan fingerprint density at radius 2 is 2.00 bits per heavy atom. The molecule has 0 aromatic heterocycles. The van der Waals surface area contributed by atoms with Gasteiger partial charge in [0.25, 0.3) is 0 Å². The maximum absolute atomic E-state index is 2.22. The van der Waals surface area contributed by atoms with Gasteiger partial charge in [-0.15, -0.1) is 24.8 Å². The third-order valence-corrected chi connectivity index (χ3v) is 2.64. The van der Waals surface area contributed by atoms with Crippen LogP contribution in [0.3, 0.4) is 0 Å². The fourth-order valence-electron chi connectivity index (χ4n) is 0.615. The molecule has 0 aromatic carbocycles. The van der Waals surface area contributed by atoms with E-state index in [9.17, 15) is 0 Å². The molecule has 0 bridgehead atoms. The van der Waals surface area contributed by atoms with E-state index in [1.807, 2.05) is 0 Å². The summed E-state index contributed by atoms with van der Waals surface area (Å²) >= 11 is 1.58. The van der Waals surface area contributed by atoms with Gasteiger partial charge in [-0.25, -0.2) is 0 Å². The average molecular weight is 243 g/mol. The first-order valence-corrected chi connectivity index (χ1v) is 3.61. The Morgan fingerprint density at radius 3 is 2.11 bits per heavy atom. The van der Waals surface area contributed by atoms with Gasteiger partial charge in [0, 0.05) is 0 Å². The van der Waals surface area contributed by atoms with Crippen molar-refractivity contribution >= 4 is 24.8 Å². The minimum Gasteiger partial charge on any atom is -0.147 e. The van der Waals surface area contributed by atoms with E-state index < -0.39 is 0 Å². The maximum atomic E-state index is 2.22. The van der Waals surface area contributed by atoms with Crippen LogP contribution in [-0.4, -0.2) is 0 Å². The zero-order valence-electron chi connectivity index (χ0n) is 5.18. The van der Waals surface area contributed by atoms with Crippen molar-refractivity contribution in [3.05, 3.63) is 21.0 Å². The largest absolute Gasteiger partial charge is 0.147 e. The summed E-state index contributed by atoms with van der Waals surface area (Å²) in [7, 11) is 0. The first kappa shape index (κ1) is 12.6. The molecule has 0 saturated heterocycles.